The lowest BCUT2D eigenvalue weighted by Crippen LogP contribution is -2.59. The van der Waals surface area contributed by atoms with E-state index < -0.39 is 41.5 Å². The van der Waals surface area contributed by atoms with E-state index in [1.54, 1.807) is 19.2 Å². The number of piperidine rings is 1. The summed E-state index contributed by atoms with van der Waals surface area (Å²) in [6.45, 7) is 0.582. The fourth-order valence-electron chi connectivity index (χ4n) is 6.26. The number of carboxylic acids is 1. The first-order valence-corrected chi connectivity index (χ1v) is 12.7. The zero-order valence-electron chi connectivity index (χ0n) is 22.4. The maximum Gasteiger partial charge on any atom is 0.490 e. The predicted molar refractivity (Wildman–Crippen MR) is 135 cm³/mol. The number of carbonyl (C=O) groups excluding carboxylic acids is 3. The molecule has 3 fully saturated rings. The van der Waals surface area contributed by atoms with Crippen LogP contribution in [0.15, 0.2) is 42.5 Å². The Morgan fingerprint density at radius 3 is 2.22 bits per heavy atom. The van der Waals surface area contributed by atoms with Crippen LogP contribution in [0.4, 0.5) is 17.6 Å². The fraction of sp³-hybridized carbons (Fsp3) is 0.429. The van der Waals surface area contributed by atoms with E-state index in [1.807, 2.05) is 23.1 Å². The van der Waals surface area contributed by atoms with E-state index >= 15 is 0 Å². The fourth-order valence-corrected chi connectivity index (χ4v) is 6.26. The molecule has 0 radical (unpaired) electrons. The van der Waals surface area contributed by atoms with Crippen molar-refractivity contribution < 1.29 is 51.3 Å². The number of fused-ring (bicyclic) bond motifs is 3. The molecular formula is C28H28F4N2O7. The summed E-state index contributed by atoms with van der Waals surface area (Å²) in [6.07, 6.45) is -2.98. The minimum atomic E-state index is -5.08. The number of likely N-dealkylation sites (tertiary alicyclic amines) is 1. The Kier molecular flexibility index (Phi) is 8.12. The number of hydrogen-bond acceptors (Lipinski definition) is 7. The van der Waals surface area contributed by atoms with Crippen LogP contribution in [0.2, 0.25) is 0 Å². The third kappa shape index (κ3) is 5.03. The number of esters is 1. The lowest BCUT2D eigenvalue weighted by atomic mass is 9.75. The van der Waals surface area contributed by atoms with Gasteiger partial charge in [0, 0.05) is 18.7 Å². The first-order valence-electron chi connectivity index (χ1n) is 12.7. The van der Waals surface area contributed by atoms with Crippen LogP contribution in [0.3, 0.4) is 0 Å². The first-order chi connectivity index (χ1) is 19.3. The number of carbonyl (C=O) groups is 4. The second-order valence-corrected chi connectivity index (χ2v) is 10.0. The van der Waals surface area contributed by atoms with Crippen LogP contribution in [0, 0.1) is 17.7 Å². The molecule has 3 aliphatic rings. The maximum atomic E-state index is 13.4. The summed E-state index contributed by atoms with van der Waals surface area (Å²) in [5.41, 5.74) is 1.21. The predicted octanol–water partition coefficient (Wildman–Crippen LogP) is 3.82. The number of benzene rings is 2. The Balaban J connectivity index is 0.000000493. The van der Waals surface area contributed by atoms with Crippen molar-refractivity contribution in [2.75, 3.05) is 27.8 Å². The molecule has 0 aliphatic carbocycles. The Morgan fingerprint density at radius 2 is 1.66 bits per heavy atom. The molecule has 0 aromatic heterocycles. The highest BCUT2D eigenvalue weighted by Gasteiger charge is 2.72. The number of methoxy groups -OCH3 is 2. The zero-order valence-corrected chi connectivity index (χ0v) is 22.4. The highest BCUT2D eigenvalue weighted by molar-refractivity contribution is 6.09. The molecule has 5 rings (SSSR count). The summed E-state index contributed by atoms with van der Waals surface area (Å²) >= 11 is 0. The quantitative estimate of drug-likeness (QED) is 0.330. The van der Waals surface area contributed by atoms with E-state index in [0.29, 0.717) is 18.7 Å². The van der Waals surface area contributed by atoms with Gasteiger partial charge in [0.1, 0.15) is 17.1 Å². The van der Waals surface area contributed by atoms with Gasteiger partial charge in [-0.25, -0.2) is 9.18 Å². The van der Waals surface area contributed by atoms with Crippen LogP contribution >= 0.6 is 0 Å². The van der Waals surface area contributed by atoms with Crippen LogP contribution in [-0.2, 0) is 23.9 Å². The van der Waals surface area contributed by atoms with Crippen molar-refractivity contribution in [2.45, 2.75) is 37.0 Å². The van der Waals surface area contributed by atoms with Crippen molar-refractivity contribution in [3.05, 3.63) is 53.8 Å². The van der Waals surface area contributed by atoms with Crippen LogP contribution in [0.25, 0.3) is 11.1 Å². The van der Waals surface area contributed by atoms with Gasteiger partial charge in [0.05, 0.1) is 26.1 Å². The number of alkyl halides is 3. The molecule has 3 heterocycles. The SMILES string of the molecule is COC(=O)[C@@]12CCCCN1C(c1ccc(-c3ccc(F)cc3)c(OC)c1)C1C(=O)N(C)C(=O)C12.O=C(O)C(F)(F)F. The second-order valence-electron chi connectivity index (χ2n) is 10.0. The van der Waals surface area contributed by atoms with Gasteiger partial charge in [0.25, 0.3) is 0 Å². The number of imide groups is 1. The summed E-state index contributed by atoms with van der Waals surface area (Å²) in [5.74, 6) is -5.05. The molecule has 2 aromatic rings. The van der Waals surface area contributed by atoms with Gasteiger partial charge in [-0.1, -0.05) is 24.3 Å². The molecule has 3 saturated heterocycles. The Hall–Kier alpha value is -4.00. The van der Waals surface area contributed by atoms with Gasteiger partial charge in [0.2, 0.25) is 11.8 Å². The summed E-state index contributed by atoms with van der Waals surface area (Å²) in [4.78, 5) is 51.9. The molecule has 220 valence electrons. The minimum absolute atomic E-state index is 0.278. The normalized spacial score (nSPS) is 25.6. The zero-order chi connectivity index (χ0) is 30.3. The summed E-state index contributed by atoms with van der Waals surface area (Å²) in [5, 5.41) is 7.12. The lowest BCUT2D eigenvalue weighted by Gasteiger charge is -2.44. The average molecular weight is 581 g/mol. The van der Waals surface area contributed by atoms with Crippen molar-refractivity contribution in [1.82, 2.24) is 9.80 Å². The number of aliphatic carboxylic acids is 1. The molecule has 2 aromatic carbocycles. The van der Waals surface area contributed by atoms with Gasteiger partial charge in [-0.2, -0.15) is 13.2 Å². The van der Waals surface area contributed by atoms with Crippen molar-refractivity contribution in [3.63, 3.8) is 0 Å². The number of hydrogen-bond donors (Lipinski definition) is 1. The Morgan fingerprint density at radius 1 is 1.02 bits per heavy atom. The van der Waals surface area contributed by atoms with Crippen LogP contribution in [0.1, 0.15) is 30.9 Å². The van der Waals surface area contributed by atoms with Crippen LogP contribution in [-0.4, -0.2) is 78.2 Å². The first kappa shape index (κ1) is 30.0. The smallest absolute Gasteiger partial charge is 0.490 e. The molecule has 4 atom stereocenters. The summed E-state index contributed by atoms with van der Waals surface area (Å²) < 4.78 is 56.1. The van der Waals surface area contributed by atoms with Crippen molar-refractivity contribution in [1.29, 1.82) is 0 Å². The molecular weight excluding hydrogens is 552 g/mol. The average Bonchev–Trinajstić information content (AvgIpc) is 3.38. The van der Waals surface area contributed by atoms with Crippen molar-refractivity contribution in [3.8, 4) is 16.9 Å². The number of ether oxygens (including phenoxy) is 2. The van der Waals surface area contributed by atoms with E-state index in [-0.39, 0.29) is 17.6 Å². The molecule has 3 unspecified atom stereocenters. The minimum Gasteiger partial charge on any atom is -0.496 e. The van der Waals surface area contributed by atoms with E-state index in [9.17, 15) is 31.9 Å². The van der Waals surface area contributed by atoms with Gasteiger partial charge in [-0.15, -0.1) is 0 Å². The van der Waals surface area contributed by atoms with E-state index in [2.05, 4.69) is 0 Å². The standard InChI is InChI=1S/C26H27FN2O5.C2HF3O2/c1-28-23(30)20-21(24(28)31)26(25(32)34-3)12-4-5-13-29(26)22(20)16-8-11-18(19(14-16)33-2)15-6-9-17(27)10-7-15;3-2(4,5)1(6)7/h6-11,14,20-22H,4-5,12-13H2,1-3H3;(H,6,7)/t20?,21?,22?,26-;/m0./s1. The van der Waals surface area contributed by atoms with Gasteiger partial charge in [0.15, 0.2) is 0 Å². The number of carboxylic acid groups (broad SMARTS) is 1. The topological polar surface area (TPSA) is 113 Å². The van der Waals surface area contributed by atoms with E-state index in [1.165, 1.54) is 26.3 Å². The van der Waals surface area contributed by atoms with Gasteiger partial charge in [-0.05, 0) is 55.1 Å². The Labute approximate surface area is 232 Å². The van der Waals surface area contributed by atoms with E-state index in [0.717, 1.165) is 34.4 Å². The molecule has 0 saturated carbocycles. The molecule has 9 nitrogen and oxygen atoms in total. The number of halogens is 4. The molecule has 2 amide bonds. The summed E-state index contributed by atoms with van der Waals surface area (Å²) in [7, 11) is 4.37. The molecule has 1 N–H and O–H groups in total. The molecule has 13 heteroatoms. The van der Waals surface area contributed by atoms with Gasteiger partial charge >= 0.3 is 18.1 Å². The highest BCUT2D eigenvalue weighted by Crippen LogP contribution is 2.58. The molecule has 0 spiro atoms. The van der Waals surface area contributed by atoms with Crippen molar-refractivity contribution >= 4 is 23.8 Å². The number of nitrogens with zero attached hydrogens (tertiary/aromatic N) is 2. The third-order valence-electron chi connectivity index (χ3n) is 7.99. The highest BCUT2D eigenvalue weighted by atomic mass is 19.4. The number of rotatable bonds is 4. The lowest BCUT2D eigenvalue weighted by molar-refractivity contribution is -0.192. The third-order valence-corrected chi connectivity index (χ3v) is 7.99. The van der Waals surface area contributed by atoms with Crippen molar-refractivity contribution in [2.24, 2.45) is 11.8 Å². The Bertz CT molecular complexity index is 1360. The van der Waals surface area contributed by atoms with E-state index in [4.69, 9.17) is 19.4 Å². The molecule has 0 bridgehead atoms. The van der Waals surface area contributed by atoms with Crippen LogP contribution in [0.5, 0.6) is 5.75 Å². The summed E-state index contributed by atoms with van der Waals surface area (Å²) in [6, 6.07) is 11.3. The largest absolute Gasteiger partial charge is 0.496 e. The molecule has 41 heavy (non-hydrogen) atoms. The maximum absolute atomic E-state index is 13.4. The van der Waals surface area contributed by atoms with Crippen LogP contribution < -0.4 is 4.74 Å². The van der Waals surface area contributed by atoms with Gasteiger partial charge in [-0.3, -0.25) is 24.2 Å². The monoisotopic (exact) mass is 580 g/mol. The second kappa shape index (κ2) is 11.1. The molecule has 3 aliphatic heterocycles. The number of amides is 2. The van der Waals surface area contributed by atoms with Gasteiger partial charge < -0.3 is 14.6 Å².